The average Bonchev–Trinajstić information content (AvgIpc) is 2.63. The van der Waals surface area contributed by atoms with Crippen LogP contribution in [0.15, 0.2) is 17.6 Å². The first-order chi connectivity index (χ1) is 7.66. The van der Waals surface area contributed by atoms with Crippen molar-refractivity contribution in [1.82, 2.24) is 9.97 Å². The van der Waals surface area contributed by atoms with E-state index in [9.17, 15) is 0 Å². The molecule has 0 unspecified atom stereocenters. The molecule has 2 aromatic rings. The maximum Gasteiger partial charge on any atom is 0.171 e. The summed E-state index contributed by atoms with van der Waals surface area (Å²) < 4.78 is 5.62. The van der Waals surface area contributed by atoms with E-state index in [1.807, 2.05) is 25.3 Å². The van der Waals surface area contributed by atoms with Crippen LogP contribution in [0.4, 0.5) is 0 Å². The third kappa shape index (κ3) is 2.51. The SMILES string of the molecule is Cc1csc(COc2c(C)ccnc2Cl)n1. The van der Waals surface area contributed by atoms with E-state index in [4.69, 9.17) is 16.3 Å². The van der Waals surface area contributed by atoms with Crippen molar-refractivity contribution < 1.29 is 4.74 Å². The molecule has 0 fully saturated rings. The van der Waals surface area contributed by atoms with E-state index in [-0.39, 0.29) is 0 Å². The van der Waals surface area contributed by atoms with Gasteiger partial charge in [0.05, 0.1) is 0 Å². The third-order valence-electron chi connectivity index (χ3n) is 2.06. The fourth-order valence-electron chi connectivity index (χ4n) is 1.29. The number of rotatable bonds is 3. The summed E-state index contributed by atoms with van der Waals surface area (Å²) in [7, 11) is 0. The first kappa shape index (κ1) is 11.4. The van der Waals surface area contributed by atoms with Gasteiger partial charge >= 0.3 is 0 Å². The summed E-state index contributed by atoms with van der Waals surface area (Å²) in [6, 6.07) is 1.87. The van der Waals surface area contributed by atoms with Crippen LogP contribution in [0.2, 0.25) is 5.15 Å². The molecule has 0 spiro atoms. The van der Waals surface area contributed by atoms with E-state index in [2.05, 4.69) is 9.97 Å². The summed E-state index contributed by atoms with van der Waals surface area (Å²) >= 11 is 7.53. The van der Waals surface area contributed by atoms with Crippen LogP contribution in [0, 0.1) is 13.8 Å². The molecule has 84 valence electrons. The Balaban J connectivity index is 2.10. The number of halogens is 1. The Morgan fingerprint density at radius 1 is 1.44 bits per heavy atom. The lowest BCUT2D eigenvalue weighted by Crippen LogP contribution is -1.98. The van der Waals surface area contributed by atoms with Gasteiger partial charge in [-0.3, -0.25) is 0 Å². The predicted octanol–water partition coefficient (Wildman–Crippen LogP) is 3.39. The lowest BCUT2D eigenvalue weighted by Gasteiger charge is -2.08. The number of aromatic nitrogens is 2. The Morgan fingerprint density at radius 3 is 2.88 bits per heavy atom. The van der Waals surface area contributed by atoms with Gasteiger partial charge in [0.15, 0.2) is 10.9 Å². The highest BCUT2D eigenvalue weighted by atomic mass is 35.5. The predicted molar refractivity (Wildman–Crippen MR) is 65.2 cm³/mol. The number of ether oxygens (including phenoxy) is 1. The molecule has 0 aliphatic carbocycles. The van der Waals surface area contributed by atoms with E-state index in [1.54, 1.807) is 17.5 Å². The molecule has 0 radical (unpaired) electrons. The standard InChI is InChI=1S/C11H11ClN2OS/c1-7-3-4-13-11(12)10(7)15-5-9-14-8(2)6-16-9/h3-4,6H,5H2,1-2H3. The lowest BCUT2D eigenvalue weighted by molar-refractivity contribution is 0.302. The van der Waals surface area contributed by atoms with Crippen LogP contribution in [0.3, 0.4) is 0 Å². The highest BCUT2D eigenvalue weighted by Crippen LogP contribution is 2.26. The number of hydrogen-bond acceptors (Lipinski definition) is 4. The molecule has 0 aliphatic rings. The van der Waals surface area contributed by atoms with Gasteiger partial charge in [-0.25, -0.2) is 9.97 Å². The van der Waals surface area contributed by atoms with E-state index < -0.39 is 0 Å². The van der Waals surface area contributed by atoms with Gasteiger partial charge in [-0.05, 0) is 25.5 Å². The van der Waals surface area contributed by atoms with Gasteiger partial charge in [0, 0.05) is 17.3 Å². The molecule has 0 atom stereocenters. The highest BCUT2D eigenvalue weighted by molar-refractivity contribution is 7.09. The van der Waals surface area contributed by atoms with Gasteiger partial charge in [-0.2, -0.15) is 0 Å². The highest BCUT2D eigenvalue weighted by Gasteiger charge is 2.07. The molecule has 2 heterocycles. The van der Waals surface area contributed by atoms with Crippen LogP contribution in [0.5, 0.6) is 5.75 Å². The summed E-state index contributed by atoms with van der Waals surface area (Å²) in [4.78, 5) is 8.30. The second-order valence-corrected chi connectivity index (χ2v) is 4.72. The molecule has 2 rings (SSSR count). The van der Waals surface area contributed by atoms with Crippen LogP contribution in [-0.4, -0.2) is 9.97 Å². The van der Waals surface area contributed by atoms with Crippen molar-refractivity contribution in [2.45, 2.75) is 20.5 Å². The number of nitrogens with zero attached hydrogens (tertiary/aromatic N) is 2. The normalized spacial score (nSPS) is 10.4. The molecule has 0 aromatic carbocycles. The molecule has 0 amide bonds. The molecule has 3 nitrogen and oxygen atoms in total. The van der Waals surface area contributed by atoms with Crippen LogP contribution in [0.25, 0.3) is 0 Å². The monoisotopic (exact) mass is 254 g/mol. The van der Waals surface area contributed by atoms with E-state index in [0.717, 1.165) is 16.3 Å². The zero-order chi connectivity index (χ0) is 11.5. The van der Waals surface area contributed by atoms with Gasteiger partial charge in [0.25, 0.3) is 0 Å². The average molecular weight is 255 g/mol. The minimum Gasteiger partial charge on any atom is -0.483 e. The molecule has 0 bridgehead atoms. The van der Waals surface area contributed by atoms with Crippen molar-refractivity contribution in [2.24, 2.45) is 0 Å². The molecule has 0 saturated carbocycles. The van der Waals surface area contributed by atoms with Crippen molar-refractivity contribution in [1.29, 1.82) is 0 Å². The number of hydrogen-bond donors (Lipinski definition) is 0. The van der Waals surface area contributed by atoms with Crippen molar-refractivity contribution in [3.63, 3.8) is 0 Å². The van der Waals surface area contributed by atoms with Crippen molar-refractivity contribution >= 4 is 22.9 Å². The fraction of sp³-hybridized carbons (Fsp3) is 0.273. The number of aryl methyl sites for hydroxylation is 2. The van der Waals surface area contributed by atoms with Gasteiger partial charge in [0.2, 0.25) is 0 Å². The van der Waals surface area contributed by atoms with Crippen LogP contribution >= 0.6 is 22.9 Å². The zero-order valence-electron chi connectivity index (χ0n) is 9.03. The van der Waals surface area contributed by atoms with E-state index in [0.29, 0.717) is 17.5 Å². The fourth-order valence-corrected chi connectivity index (χ4v) is 2.23. The van der Waals surface area contributed by atoms with E-state index in [1.165, 1.54) is 0 Å². The number of thiazole rings is 1. The van der Waals surface area contributed by atoms with Crippen LogP contribution in [0.1, 0.15) is 16.3 Å². The first-order valence-electron chi connectivity index (χ1n) is 4.81. The van der Waals surface area contributed by atoms with Crippen molar-refractivity contribution in [3.05, 3.63) is 39.1 Å². The van der Waals surface area contributed by atoms with E-state index >= 15 is 0 Å². The van der Waals surface area contributed by atoms with Crippen LogP contribution < -0.4 is 4.74 Å². The van der Waals surface area contributed by atoms with Crippen molar-refractivity contribution in [3.8, 4) is 5.75 Å². The summed E-state index contributed by atoms with van der Waals surface area (Å²) in [6.45, 7) is 4.34. The summed E-state index contributed by atoms with van der Waals surface area (Å²) in [5, 5.41) is 3.33. The van der Waals surface area contributed by atoms with Gasteiger partial charge in [-0.1, -0.05) is 11.6 Å². The molecule has 0 N–H and O–H groups in total. The van der Waals surface area contributed by atoms with Gasteiger partial charge < -0.3 is 4.74 Å². The second-order valence-electron chi connectivity index (χ2n) is 3.42. The summed E-state index contributed by atoms with van der Waals surface area (Å²) in [5.74, 6) is 0.636. The summed E-state index contributed by atoms with van der Waals surface area (Å²) in [5.41, 5.74) is 1.99. The molecule has 0 aliphatic heterocycles. The Labute approximate surface area is 103 Å². The number of pyridine rings is 1. The topological polar surface area (TPSA) is 35.0 Å². The Kier molecular flexibility index (Phi) is 3.41. The maximum atomic E-state index is 5.95. The second kappa shape index (κ2) is 4.80. The smallest absolute Gasteiger partial charge is 0.171 e. The molecule has 5 heteroatoms. The quantitative estimate of drug-likeness (QED) is 0.788. The molecule has 16 heavy (non-hydrogen) atoms. The Bertz CT molecular complexity index is 478. The lowest BCUT2D eigenvalue weighted by atomic mass is 10.3. The molecular weight excluding hydrogens is 244 g/mol. The zero-order valence-corrected chi connectivity index (χ0v) is 10.6. The molecular formula is C11H11ClN2OS. The largest absolute Gasteiger partial charge is 0.483 e. The van der Waals surface area contributed by atoms with Crippen molar-refractivity contribution in [2.75, 3.05) is 0 Å². The molecule has 2 aromatic heterocycles. The minimum atomic E-state index is 0.397. The van der Waals surface area contributed by atoms with Crippen LogP contribution in [-0.2, 0) is 6.61 Å². The summed E-state index contributed by atoms with van der Waals surface area (Å²) in [6.07, 6.45) is 1.66. The third-order valence-corrected chi connectivity index (χ3v) is 3.27. The Hall–Kier alpha value is -1.13. The minimum absolute atomic E-state index is 0.397. The van der Waals surface area contributed by atoms with Gasteiger partial charge in [-0.15, -0.1) is 11.3 Å². The maximum absolute atomic E-state index is 5.95. The Morgan fingerprint density at radius 2 is 2.25 bits per heavy atom. The first-order valence-corrected chi connectivity index (χ1v) is 6.07. The van der Waals surface area contributed by atoms with Gasteiger partial charge in [0.1, 0.15) is 11.6 Å². The molecule has 0 saturated heterocycles.